The van der Waals surface area contributed by atoms with Gasteiger partial charge in [0.05, 0.1) is 23.7 Å². The summed E-state index contributed by atoms with van der Waals surface area (Å²) in [6.07, 6.45) is 3.89. The minimum atomic E-state index is -0.341. The summed E-state index contributed by atoms with van der Waals surface area (Å²) in [7, 11) is 0. The van der Waals surface area contributed by atoms with Crippen LogP contribution < -0.4 is 10.2 Å². The van der Waals surface area contributed by atoms with E-state index in [0.29, 0.717) is 6.54 Å². The van der Waals surface area contributed by atoms with Crippen LogP contribution >= 0.6 is 0 Å². The summed E-state index contributed by atoms with van der Waals surface area (Å²) < 4.78 is 1.79. The number of anilines is 1. The van der Waals surface area contributed by atoms with E-state index in [9.17, 15) is 9.59 Å². The number of carbonyl (C=O) groups is 2. The molecule has 4 rings (SSSR count). The van der Waals surface area contributed by atoms with Crippen molar-refractivity contribution in [3.8, 4) is 0 Å². The van der Waals surface area contributed by atoms with Crippen molar-refractivity contribution in [3.05, 3.63) is 66.5 Å². The van der Waals surface area contributed by atoms with E-state index >= 15 is 0 Å². The van der Waals surface area contributed by atoms with Crippen LogP contribution in [-0.4, -0.2) is 28.0 Å². The number of carbonyl (C=O) groups excluding carboxylic acids is 2. The highest BCUT2D eigenvalue weighted by Crippen LogP contribution is 2.26. The first kappa shape index (κ1) is 16.3. The summed E-state index contributed by atoms with van der Waals surface area (Å²) in [5.41, 5.74) is 2.76. The van der Waals surface area contributed by atoms with E-state index in [0.717, 1.165) is 16.8 Å². The second-order valence-electron chi connectivity index (χ2n) is 6.60. The van der Waals surface area contributed by atoms with Crippen LogP contribution in [0.25, 0.3) is 5.52 Å². The summed E-state index contributed by atoms with van der Waals surface area (Å²) >= 11 is 0. The van der Waals surface area contributed by atoms with E-state index < -0.39 is 0 Å². The number of hydrogen-bond acceptors (Lipinski definition) is 3. The molecule has 0 aliphatic carbocycles. The van der Waals surface area contributed by atoms with Crippen LogP contribution in [0.1, 0.15) is 24.9 Å². The Morgan fingerprint density at radius 1 is 1.19 bits per heavy atom. The first-order chi connectivity index (χ1) is 12.6. The molecule has 3 heterocycles. The van der Waals surface area contributed by atoms with Gasteiger partial charge in [-0.05, 0) is 31.2 Å². The van der Waals surface area contributed by atoms with Gasteiger partial charge in [-0.25, -0.2) is 4.52 Å². The van der Waals surface area contributed by atoms with Gasteiger partial charge in [-0.15, -0.1) is 0 Å². The fraction of sp³-hybridized carbons (Fsp3) is 0.250. The van der Waals surface area contributed by atoms with Crippen LogP contribution in [0.5, 0.6) is 0 Å². The highest BCUT2D eigenvalue weighted by atomic mass is 16.2. The maximum absolute atomic E-state index is 12.7. The van der Waals surface area contributed by atoms with E-state index in [1.807, 2.05) is 61.7 Å². The zero-order valence-corrected chi connectivity index (χ0v) is 14.5. The molecule has 1 N–H and O–H groups in total. The third-order valence-electron chi connectivity index (χ3n) is 4.85. The molecule has 0 radical (unpaired) electrons. The van der Waals surface area contributed by atoms with E-state index in [1.54, 1.807) is 15.6 Å². The van der Waals surface area contributed by atoms with Gasteiger partial charge >= 0.3 is 0 Å². The zero-order chi connectivity index (χ0) is 18.1. The average Bonchev–Trinajstić information content (AvgIpc) is 3.26. The topological polar surface area (TPSA) is 66.7 Å². The Bertz CT molecular complexity index is 951. The van der Waals surface area contributed by atoms with Gasteiger partial charge in [0.15, 0.2) is 0 Å². The number of nitrogens with one attached hydrogen (secondary N) is 1. The summed E-state index contributed by atoms with van der Waals surface area (Å²) in [6.45, 7) is 2.35. The van der Waals surface area contributed by atoms with Gasteiger partial charge in [-0.1, -0.05) is 24.3 Å². The number of fused-ring (bicyclic) bond motifs is 1. The Labute approximate surface area is 151 Å². The monoisotopic (exact) mass is 348 g/mol. The molecule has 0 unspecified atom stereocenters. The Morgan fingerprint density at radius 2 is 1.96 bits per heavy atom. The Kier molecular flexibility index (Phi) is 4.16. The highest BCUT2D eigenvalue weighted by Gasteiger charge is 2.35. The van der Waals surface area contributed by atoms with Crippen LogP contribution in [0.3, 0.4) is 0 Å². The normalized spacial score (nSPS) is 18.3. The number of hydrogen-bond donors (Lipinski definition) is 1. The van der Waals surface area contributed by atoms with Gasteiger partial charge in [-0.3, -0.25) is 9.59 Å². The van der Waals surface area contributed by atoms with Gasteiger partial charge in [-0.2, -0.15) is 5.10 Å². The van der Waals surface area contributed by atoms with Crippen LogP contribution in [0.4, 0.5) is 5.69 Å². The molecule has 3 aromatic rings. The minimum Gasteiger partial charge on any atom is -0.349 e. The third kappa shape index (κ3) is 2.94. The zero-order valence-electron chi connectivity index (χ0n) is 14.5. The lowest BCUT2D eigenvalue weighted by molar-refractivity contribution is -0.126. The van der Waals surface area contributed by atoms with E-state index in [4.69, 9.17) is 0 Å². The van der Waals surface area contributed by atoms with Crippen molar-refractivity contribution < 1.29 is 9.59 Å². The minimum absolute atomic E-state index is 0.0139. The molecule has 132 valence electrons. The van der Waals surface area contributed by atoms with E-state index in [1.165, 1.54) is 0 Å². The molecule has 1 fully saturated rings. The molecule has 0 bridgehead atoms. The molecule has 1 saturated heterocycles. The lowest BCUT2D eigenvalue weighted by atomic mass is 10.1. The SMILES string of the molecule is C[C@@H](NC(=O)[C@H]1CC(=O)N(c2ccccc2)C1)c1cnn2ccccc12. The first-order valence-electron chi connectivity index (χ1n) is 8.71. The first-order valence-corrected chi connectivity index (χ1v) is 8.71. The van der Waals surface area contributed by atoms with Crippen LogP contribution in [-0.2, 0) is 9.59 Å². The molecule has 1 aromatic carbocycles. The van der Waals surface area contributed by atoms with Crippen LogP contribution in [0.15, 0.2) is 60.9 Å². The van der Waals surface area contributed by atoms with E-state index in [2.05, 4.69) is 10.4 Å². The van der Waals surface area contributed by atoms with Crippen molar-refractivity contribution in [2.45, 2.75) is 19.4 Å². The van der Waals surface area contributed by atoms with Crippen molar-refractivity contribution in [1.29, 1.82) is 0 Å². The van der Waals surface area contributed by atoms with Gasteiger partial charge in [0, 0.05) is 30.4 Å². The van der Waals surface area contributed by atoms with Crippen molar-refractivity contribution >= 4 is 23.0 Å². The summed E-state index contributed by atoms with van der Waals surface area (Å²) in [5, 5.41) is 7.35. The molecule has 0 spiro atoms. The summed E-state index contributed by atoms with van der Waals surface area (Å²) in [4.78, 5) is 26.7. The molecule has 2 atom stereocenters. The Hall–Kier alpha value is -3.15. The second kappa shape index (κ2) is 6.63. The van der Waals surface area contributed by atoms with E-state index in [-0.39, 0.29) is 30.2 Å². The number of amides is 2. The average molecular weight is 348 g/mol. The molecule has 2 aromatic heterocycles. The largest absolute Gasteiger partial charge is 0.349 e. The smallest absolute Gasteiger partial charge is 0.227 e. The second-order valence-corrected chi connectivity index (χ2v) is 6.60. The number of aromatic nitrogens is 2. The summed E-state index contributed by atoms with van der Waals surface area (Å²) in [6, 6.07) is 15.1. The highest BCUT2D eigenvalue weighted by molar-refractivity contribution is 6.00. The molecular formula is C20H20N4O2. The number of pyridine rings is 1. The van der Waals surface area contributed by atoms with Crippen molar-refractivity contribution in [3.63, 3.8) is 0 Å². The predicted molar refractivity (Wildman–Crippen MR) is 98.7 cm³/mol. The molecule has 1 aliphatic heterocycles. The maximum atomic E-state index is 12.7. The van der Waals surface area contributed by atoms with Crippen molar-refractivity contribution in [2.75, 3.05) is 11.4 Å². The van der Waals surface area contributed by atoms with Crippen LogP contribution in [0.2, 0.25) is 0 Å². The number of para-hydroxylation sites is 1. The Balaban J connectivity index is 1.46. The quantitative estimate of drug-likeness (QED) is 0.788. The molecule has 2 amide bonds. The van der Waals surface area contributed by atoms with Gasteiger partial charge in [0.2, 0.25) is 11.8 Å². The lowest BCUT2D eigenvalue weighted by Crippen LogP contribution is -2.34. The standard InChI is InChI=1S/C20H20N4O2/c1-14(17-12-21-24-10-6-5-9-18(17)24)22-20(26)15-11-19(25)23(13-15)16-7-3-2-4-8-16/h2-10,12,14-15H,11,13H2,1H3,(H,22,26)/t14-,15+/m1/s1. The Morgan fingerprint density at radius 3 is 2.77 bits per heavy atom. The van der Waals surface area contributed by atoms with Gasteiger partial charge < -0.3 is 10.2 Å². The number of nitrogens with zero attached hydrogens (tertiary/aromatic N) is 3. The molecule has 6 heteroatoms. The van der Waals surface area contributed by atoms with Gasteiger partial charge in [0.1, 0.15) is 0 Å². The lowest BCUT2D eigenvalue weighted by Gasteiger charge is -2.18. The molecule has 6 nitrogen and oxygen atoms in total. The van der Waals surface area contributed by atoms with Crippen molar-refractivity contribution in [2.24, 2.45) is 5.92 Å². The summed E-state index contributed by atoms with van der Waals surface area (Å²) in [5.74, 6) is -0.452. The van der Waals surface area contributed by atoms with Crippen LogP contribution in [0, 0.1) is 5.92 Å². The number of rotatable bonds is 4. The third-order valence-corrected chi connectivity index (χ3v) is 4.85. The van der Waals surface area contributed by atoms with Crippen molar-refractivity contribution in [1.82, 2.24) is 14.9 Å². The fourth-order valence-electron chi connectivity index (χ4n) is 3.44. The molecule has 0 saturated carbocycles. The molecule has 1 aliphatic rings. The fourth-order valence-corrected chi connectivity index (χ4v) is 3.44. The number of benzene rings is 1. The molecular weight excluding hydrogens is 328 g/mol. The van der Waals surface area contributed by atoms with Gasteiger partial charge in [0.25, 0.3) is 0 Å². The molecule has 26 heavy (non-hydrogen) atoms. The maximum Gasteiger partial charge on any atom is 0.227 e. The predicted octanol–water partition coefficient (Wildman–Crippen LogP) is 2.56.